The summed E-state index contributed by atoms with van der Waals surface area (Å²) in [7, 11) is -2.17. The maximum Gasteiger partial charge on any atom is 0.240 e. The quantitative estimate of drug-likeness (QED) is 0.621. The Morgan fingerprint density at radius 2 is 1.96 bits per heavy atom. The first-order chi connectivity index (χ1) is 12.9. The Labute approximate surface area is 163 Å². The van der Waals surface area contributed by atoms with Crippen LogP contribution < -0.4 is 14.8 Å². The molecule has 1 unspecified atom stereocenters. The molecule has 0 fully saturated rings. The van der Waals surface area contributed by atoms with Gasteiger partial charge in [0.1, 0.15) is 10.8 Å². The summed E-state index contributed by atoms with van der Waals surface area (Å²) in [4.78, 5) is 12.1. The average Bonchev–Trinajstić information content (AvgIpc) is 3.10. The molecule has 1 aromatic carbocycles. The Kier molecular flexibility index (Phi) is 7.69. The fourth-order valence-corrected chi connectivity index (χ4v) is 4.24. The van der Waals surface area contributed by atoms with Gasteiger partial charge in [0.2, 0.25) is 21.1 Å². The molecule has 1 atom stereocenters. The normalized spacial score (nSPS) is 12.6. The van der Waals surface area contributed by atoms with E-state index in [0.29, 0.717) is 16.8 Å². The number of hydrogen-bond acceptors (Lipinski definition) is 7. The van der Waals surface area contributed by atoms with Crippen molar-refractivity contribution in [2.75, 3.05) is 19.0 Å². The Morgan fingerprint density at radius 1 is 1.26 bits per heavy atom. The van der Waals surface area contributed by atoms with Gasteiger partial charge in [-0.05, 0) is 30.7 Å². The summed E-state index contributed by atoms with van der Waals surface area (Å²) in [6.45, 7) is 4.16. The lowest BCUT2D eigenvalue weighted by molar-refractivity contribution is -0.116. The minimum Gasteiger partial charge on any atom is -0.497 e. The lowest BCUT2D eigenvalue weighted by atomic mass is 10.1. The van der Waals surface area contributed by atoms with Gasteiger partial charge in [-0.15, -0.1) is 10.2 Å². The van der Waals surface area contributed by atoms with Gasteiger partial charge in [0.15, 0.2) is 0 Å². The highest BCUT2D eigenvalue weighted by atomic mass is 32.2. The van der Waals surface area contributed by atoms with Crippen molar-refractivity contribution in [1.82, 2.24) is 14.9 Å². The van der Waals surface area contributed by atoms with Crippen LogP contribution in [0.3, 0.4) is 0 Å². The molecule has 0 spiro atoms. The molecule has 0 aliphatic heterocycles. The van der Waals surface area contributed by atoms with Gasteiger partial charge in [-0.2, -0.15) is 0 Å². The second kappa shape index (κ2) is 9.77. The third kappa shape index (κ3) is 6.26. The van der Waals surface area contributed by atoms with Crippen LogP contribution in [-0.2, 0) is 14.8 Å². The molecule has 1 amide bonds. The second-order valence-electron chi connectivity index (χ2n) is 6.01. The van der Waals surface area contributed by atoms with E-state index in [0.717, 1.165) is 17.8 Å². The molecule has 8 nitrogen and oxygen atoms in total. The first-order valence-electron chi connectivity index (χ1n) is 8.62. The highest BCUT2D eigenvalue weighted by molar-refractivity contribution is 7.89. The number of amides is 1. The van der Waals surface area contributed by atoms with Crippen molar-refractivity contribution >= 4 is 32.4 Å². The molecule has 0 aliphatic rings. The van der Waals surface area contributed by atoms with Crippen LogP contribution in [0.5, 0.6) is 5.75 Å². The Morgan fingerprint density at radius 3 is 2.59 bits per heavy atom. The number of aromatic nitrogens is 2. The predicted molar refractivity (Wildman–Crippen MR) is 105 cm³/mol. The maximum atomic E-state index is 12.2. The van der Waals surface area contributed by atoms with Crippen LogP contribution in [0.2, 0.25) is 0 Å². The molecule has 10 heteroatoms. The topological polar surface area (TPSA) is 110 Å². The van der Waals surface area contributed by atoms with E-state index in [-0.39, 0.29) is 23.8 Å². The van der Waals surface area contributed by atoms with E-state index in [1.165, 1.54) is 30.6 Å². The third-order valence-corrected chi connectivity index (χ3v) is 6.39. The standard InChI is InChI=1S/C17H24N4O4S2/c1-4-5-12(2)16-20-21-17(26-16)19-15(22)10-11-18-27(23,24)14-8-6-13(25-3)7-9-14/h6-9,12,18H,4-5,10-11H2,1-3H3,(H,19,21,22). The van der Waals surface area contributed by atoms with Gasteiger partial charge in [-0.3, -0.25) is 4.79 Å². The molecule has 0 radical (unpaired) electrons. The van der Waals surface area contributed by atoms with Crippen LogP contribution in [0.25, 0.3) is 0 Å². The van der Waals surface area contributed by atoms with E-state index in [9.17, 15) is 13.2 Å². The smallest absolute Gasteiger partial charge is 0.240 e. The summed E-state index contributed by atoms with van der Waals surface area (Å²) in [6.07, 6.45) is 2.06. The third-order valence-electron chi connectivity index (χ3n) is 3.84. The van der Waals surface area contributed by atoms with Crippen LogP contribution in [0, 0.1) is 0 Å². The number of rotatable bonds is 10. The van der Waals surface area contributed by atoms with E-state index in [4.69, 9.17) is 4.74 Å². The number of hydrogen-bond donors (Lipinski definition) is 2. The number of benzene rings is 1. The van der Waals surface area contributed by atoms with Gasteiger partial charge in [0, 0.05) is 18.9 Å². The summed E-state index contributed by atoms with van der Waals surface area (Å²) >= 11 is 1.34. The molecule has 148 valence electrons. The summed E-state index contributed by atoms with van der Waals surface area (Å²) < 4.78 is 31.8. The number of carbonyl (C=O) groups is 1. The second-order valence-corrected chi connectivity index (χ2v) is 8.78. The maximum absolute atomic E-state index is 12.2. The SMILES string of the molecule is CCCC(C)c1nnc(NC(=O)CCNS(=O)(=O)c2ccc(OC)cc2)s1. The first-order valence-corrected chi connectivity index (χ1v) is 10.9. The van der Waals surface area contributed by atoms with Crippen LogP contribution in [0.1, 0.15) is 44.0 Å². The lowest BCUT2D eigenvalue weighted by Gasteiger charge is -2.07. The highest BCUT2D eigenvalue weighted by Crippen LogP contribution is 2.26. The largest absolute Gasteiger partial charge is 0.497 e. The molecule has 2 rings (SSSR count). The number of methoxy groups -OCH3 is 1. The summed E-state index contributed by atoms with van der Waals surface area (Å²) in [6, 6.07) is 6.02. The van der Waals surface area contributed by atoms with Crippen LogP contribution in [0.4, 0.5) is 5.13 Å². The molecular weight excluding hydrogens is 388 g/mol. The zero-order valence-electron chi connectivity index (χ0n) is 15.6. The molecule has 2 aromatic rings. The Bertz CT molecular complexity index is 850. The molecular formula is C17H24N4O4S2. The van der Waals surface area contributed by atoms with E-state index < -0.39 is 10.0 Å². The van der Waals surface area contributed by atoms with E-state index in [2.05, 4.69) is 34.1 Å². The van der Waals surface area contributed by atoms with Crippen LogP contribution in [0.15, 0.2) is 29.2 Å². The van der Waals surface area contributed by atoms with Gasteiger partial charge in [0.25, 0.3) is 0 Å². The number of nitrogens with one attached hydrogen (secondary N) is 2. The van der Waals surface area contributed by atoms with E-state index in [1.54, 1.807) is 12.1 Å². The molecule has 0 saturated carbocycles. The van der Waals surface area contributed by atoms with Crippen molar-refractivity contribution in [3.05, 3.63) is 29.3 Å². The number of nitrogens with zero attached hydrogens (tertiary/aromatic N) is 2. The monoisotopic (exact) mass is 412 g/mol. The molecule has 1 aromatic heterocycles. The number of sulfonamides is 1. The van der Waals surface area contributed by atoms with Crippen molar-refractivity contribution in [1.29, 1.82) is 0 Å². The minimum atomic E-state index is -3.68. The Hall–Kier alpha value is -2.04. The summed E-state index contributed by atoms with van der Waals surface area (Å²) in [5.41, 5.74) is 0. The summed E-state index contributed by atoms with van der Waals surface area (Å²) in [5.74, 6) is 0.547. The van der Waals surface area contributed by atoms with Crippen LogP contribution >= 0.6 is 11.3 Å². The van der Waals surface area contributed by atoms with Crippen molar-refractivity contribution in [2.24, 2.45) is 0 Å². The predicted octanol–water partition coefficient (Wildman–Crippen LogP) is 2.76. The fourth-order valence-electron chi connectivity index (χ4n) is 2.36. The number of ether oxygens (including phenoxy) is 1. The number of anilines is 1. The Balaban J connectivity index is 1.83. The molecule has 0 saturated heterocycles. The molecule has 0 aliphatic carbocycles. The van der Waals surface area contributed by atoms with Gasteiger partial charge in [-0.1, -0.05) is 31.6 Å². The van der Waals surface area contributed by atoms with Crippen molar-refractivity contribution < 1.29 is 17.9 Å². The zero-order valence-corrected chi connectivity index (χ0v) is 17.2. The van der Waals surface area contributed by atoms with Crippen molar-refractivity contribution in [2.45, 2.75) is 43.9 Å². The van der Waals surface area contributed by atoms with E-state index >= 15 is 0 Å². The van der Waals surface area contributed by atoms with Gasteiger partial charge < -0.3 is 10.1 Å². The van der Waals surface area contributed by atoms with Crippen molar-refractivity contribution in [3.63, 3.8) is 0 Å². The molecule has 27 heavy (non-hydrogen) atoms. The lowest BCUT2D eigenvalue weighted by Crippen LogP contribution is -2.27. The molecule has 1 heterocycles. The fraction of sp³-hybridized carbons (Fsp3) is 0.471. The minimum absolute atomic E-state index is 0.00515. The number of carbonyl (C=O) groups excluding carboxylic acids is 1. The van der Waals surface area contributed by atoms with Crippen molar-refractivity contribution in [3.8, 4) is 5.75 Å². The highest BCUT2D eigenvalue weighted by Gasteiger charge is 2.16. The molecule has 0 bridgehead atoms. The summed E-state index contributed by atoms with van der Waals surface area (Å²) in [5, 5.41) is 12.0. The van der Waals surface area contributed by atoms with Crippen LogP contribution in [-0.4, -0.2) is 38.2 Å². The van der Waals surface area contributed by atoms with Gasteiger partial charge in [0.05, 0.1) is 12.0 Å². The van der Waals surface area contributed by atoms with Gasteiger partial charge in [-0.25, -0.2) is 13.1 Å². The molecule has 2 N–H and O–H groups in total. The zero-order chi connectivity index (χ0) is 19.9. The average molecular weight is 413 g/mol. The van der Waals surface area contributed by atoms with E-state index in [1.807, 2.05) is 0 Å². The first kappa shape index (κ1) is 21.3. The van der Waals surface area contributed by atoms with Gasteiger partial charge >= 0.3 is 0 Å².